The van der Waals surface area contributed by atoms with E-state index in [1.165, 1.54) is 103 Å². The summed E-state index contributed by atoms with van der Waals surface area (Å²) in [4.78, 5) is 0. The molecular formula is C52H68Cl2SiZr. The van der Waals surface area contributed by atoms with E-state index in [2.05, 4.69) is 179 Å². The molecule has 0 nitrogen and oxygen atoms in total. The molecule has 0 bridgehead atoms. The molecule has 298 valence electrons. The van der Waals surface area contributed by atoms with E-state index in [9.17, 15) is 0 Å². The van der Waals surface area contributed by atoms with Gasteiger partial charge in [-0.1, -0.05) is 179 Å². The molecule has 0 aliphatic rings. The average molecular weight is 883 g/mol. The van der Waals surface area contributed by atoms with E-state index in [1.807, 2.05) is 0 Å². The molecule has 4 heteroatoms. The van der Waals surface area contributed by atoms with Crippen molar-refractivity contribution in [1.29, 1.82) is 0 Å². The average Bonchev–Trinajstić information content (AvgIpc) is 3.83. The molecule has 0 spiro atoms. The third-order valence-corrected chi connectivity index (χ3v) is 11.1. The zero-order chi connectivity index (χ0) is 41.4. The fourth-order valence-electron chi connectivity index (χ4n) is 7.79. The van der Waals surface area contributed by atoms with Crippen LogP contribution in [-0.2, 0) is 33.7 Å². The van der Waals surface area contributed by atoms with Crippen LogP contribution < -0.4 is 0 Å². The van der Waals surface area contributed by atoms with Gasteiger partial charge in [-0.3, -0.25) is 0 Å². The van der Waals surface area contributed by atoms with Gasteiger partial charge in [0.15, 0.2) is 0 Å². The van der Waals surface area contributed by atoms with Crippen LogP contribution in [0.5, 0.6) is 0 Å². The third kappa shape index (κ3) is 12.4. The summed E-state index contributed by atoms with van der Waals surface area (Å²) in [6.07, 6.45) is 7.03. The molecule has 0 saturated heterocycles. The number of halogens is 2. The molecule has 0 saturated carbocycles. The van der Waals surface area contributed by atoms with Crippen LogP contribution in [0.25, 0.3) is 43.8 Å². The van der Waals surface area contributed by atoms with Crippen LogP contribution in [0, 0.1) is 0 Å². The van der Waals surface area contributed by atoms with E-state index < -0.39 is 20.8 Å². The van der Waals surface area contributed by atoms with Crippen molar-refractivity contribution < 1.29 is 20.8 Å². The summed E-state index contributed by atoms with van der Waals surface area (Å²) in [6, 6.07) is 37.0. The van der Waals surface area contributed by atoms with Crippen molar-refractivity contribution in [2.45, 2.75) is 145 Å². The van der Waals surface area contributed by atoms with E-state index >= 15 is 0 Å². The minimum absolute atomic E-state index is 0.532. The molecule has 0 fully saturated rings. The van der Waals surface area contributed by atoms with E-state index in [0.29, 0.717) is 23.7 Å². The summed E-state index contributed by atoms with van der Waals surface area (Å²) >= 11 is -0.826. The Morgan fingerprint density at radius 2 is 0.893 bits per heavy atom. The number of hydrogen-bond donors (Lipinski definition) is 0. The first kappa shape index (κ1) is 48.2. The molecule has 2 radical (unpaired) electrons. The van der Waals surface area contributed by atoms with E-state index in [4.69, 9.17) is 17.0 Å². The summed E-state index contributed by atoms with van der Waals surface area (Å²) in [7, 11) is 11.0. The molecule has 0 amide bonds. The van der Waals surface area contributed by atoms with Crippen molar-refractivity contribution in [2.24, 2.45) is 0 Å². The normalized spacial score (nSPS) is 12.0. The predicted molar refractivity (Wildman–Crippen MR) is 253 cm³/mol. The van der Waals surface area contributed by atoms with Crippen molar-refractivity contribution in [3.05, 3.63) is 130 Å². The number of aryl methyl sites for hydroxylation is 2. The molecule has 56 heavy (non-hydrogen) atoms. The van der Waals surface area contributed by atoms with Gasteiger partial charge in [-0.05, 0) is 58.8 Å². The van der Waals surface area contributed by atoms with Crippen LogP contribution in [0.4, 0.5) is 0 Å². The summed E-state index contributed by atoms with van der Waals surface area (Å²) in [5.41, 5.74) is 14.6. The quantitative estimate of drug-likeness (QED) is 0.0849. The van der Waals surface area contributed by atoms with Gasteiger partial charge in [0.25, 0.3) is 0 Å². The Morgan fingerprint density at radius 3 is 1.20 bits per heavy atom. The summed E-state index contributed by atoms with van der Waals surface area (Å²) in [6.45, 7) is 27.3. The second kappa shape index (κ2) is 24.6. The van der Waals surface area contributed by atoms with Crippen LogP contribution >= 0.6 is 17.0 Å². The van der Waals surface area contributed by atoms with Crippen LogP contribution in [0.3, 0.4) is 0 Å². The van der Waals surface area contributed by atoms with Crippen LogP contribution in [0.15, 0.2) is 97.1 Å². The number of rotatable bonds is 12. The monoisotopic (exact) mass is 880 g/mol. The standard InChI is InChI=1S/2C25H31.C2H6Si.2ClH.Zr/c2*1-6-10-19-13-14-20-15-21(18(5)7-2)16-24(20)25(19)23-12-9-8-11-22(23)17(3)4;1-3-2;;;/h2*8-9,11-18H,6-7,10H2,1-5H3;1-2H3;2*1H;/q2*-1;;;;+4/p-2. The van der Waals surface area contributed by atoms with Gasteiger partial charge in [-0.15, -0.1) is 69.1 Å². The molecule has 0 aliphatic carbocycles. The number of fused-ring (bicyclic) bond motifs is 2. The Morgan fingerprint density at radius 1 is 0.554 bits per heavy atom. The molecule has 2 unspecified atom stereocenters. The van der Waals surface area contributed by atoms with E-state index in [-0.39, 0.29) is 0 Å². The summed E-state index contributed by atoms with van der Waals surface area (Å²) in [5.74, 6) is 2.31. The van der Waals surface area contributed by atoms with Crippen molar-refractivity contribution in [2.75, 3.05) is 0 Å². The molecule has 6 aromatic rings. The Labute approximate surface area is 363 Å². The van der Waals surface area contributed by atoms with Gasteiger partial charge in [-0.25, -0.2) is 0 Å². The molecule has 0 N–H and O–H groups in total. The van der Waals surface area contributed by atoms with Crippen molar-refractivity contribution in [3.63, 3.8) is 0 Å². The van der Waals surface area contributed by atoms with Gasteiger partial charge in [0.1, 0.15) is 0 Å². The van der Waals surface area contributed by atoms with Crippen LogP contribution in [-0.4, -0.2) is 9.52 Å². The van der Waals surface area contributed by atoms with Gasteiger partial charge in [0.2, 0.25) is 0 Å². The molecule has 0 aliphatic heterocycles. The first-order valence-electron chi connectivity index (χ1n) is 21.1. The zero-order valence-corrected chi connectivity index (χ0v) is 41.5. The van der Waals surface area contributed by atoms with Crippen molar-refractivity contribution in [1.82, 2.24) is 0 Å². The van der Waals surface area contributed by atoms with Crippen LogP contribution in [0.2, 0.25) is 13.1 Å². The van der Waals surface area contributed by atoms with Crippen molar-refractivity contribution in [3.8, 4) is 22.3 Å². The van der Waals surface area contributed by atoms with E-state index in [1.54, 1.807) is 0 Å². The molecule has 0 heterocycles. The fraction of sp³-hybridized carbons (Fsp3) is 0.423. The molecule has 6 rings (SSSR count). The Hall–Kier alpha value is -2.22. The molecule has 6 aromatic carbocycles. The topological polar surface area (TPSA) is 0 Å². The van der Waals surface area contributed by atoms with Gasteiger partial charge in [-0.2, -0.15) is 12.1 Å². The Bertz CT molecular complexity index is 1900. The SMILES string of the molecule is CCCc1ccc2[cH-]c(C(C)CC)cc2c1-c1ccccc1C(C)C.CCCc1ccc2[cH-]c(C(C)CC)cc2c1-c1ccccc1C(C)C.C[Si]C.[Cl][Zr+2][Cl]. The number of benzene rings is 4. The van der Waals surface area contributed by atoms with Gasteiger partial charge < -0.3 is 0 Å². The first-order valence-corrected chi connectivity index (χ1v) is 29.5. The summed E-state index contributed by atoms with van der Waals surface area (Å²) < 4.78 is 0. The van der Waals surface area contributed by atoms with Gasteiger partial charge in [0.05, 0.1) is 0 Å². The maximum atomic E-state index is 4.93. The summed E-state index contributed by atoms with van der Waals surface area (Å²) in [5, 5.41) is 5.66. The number of hydrogen-bond acceptors (Lipinski definition) is 0. The second-order valence-electron chi connectivity index (χ2n) is 16.0. The zero-order valence-electron chi connectivity index (χ0n) is 36.5. The second-order valence-corrected chi connectivity index (χ2v) is 20.7. The molecule has 0 aromatic heterocycles. The van der Waals surface area contributed by atoms with Crippen molar-refractivity contribution >= 4 is 48.1 Å². The molecular weight excluding hydrogens is 815 g/mol. The minimum atomic E-state index is -0.826. The fourth-order valence-corrected chi connectivity index (χ4v) is 7.79. The Kier molecular flexibility index (Phi) is 21.2. The van der Waals surface area contributed by atoms with Gasteiger partial charge in [0, 0.05) is 9.52 Å². The molecule has 2 atom stereocenters. The Balaban J connectivity index is 0.000000264. The predicted octanol–water partition coefficient (Wildman–Crippen LogP) is 17.8. The van der Waals surface area contributed by atoms with Gasteiger partial charge >= 0.3 is 37.9 Å². The maximum absolute atomic E-state index is 4.93. The van der Waals surface area contributed by atoms with E-state index in [0.717, 1.165) is 22.4 Å². The van der Waals surface area contributed by atoms with Crippen LogP contribution in [0.1, 0.15) is 152 Å². The first-order chi connectivity index (χ1) is 27.0. The third-order valence-electron chi connectivity index (χ3n) is 11.1.